The Balaban J connectivity index is 1.45. The Hall–Kier alpha value is -2.40. The number of aromatic nitrogens is 3. The molecule has 5 heteroatoms. The summed E-state index contributed by atoms with van der Waals surface area (Å²) in [6.45, 7) is 2.86. The van der Waals surface area contributed by atoms with Crippen LogP contribution in [0.3, 0.4) is 0 Å². The molecule has 0 aliphatic heterocycles. The molecule has 4 rings (SSSR count). The van der Waals surface area contributed by atoms with Crippen LogP contribution in [0.25, 0.3) is 5.65 Å². The summed E-state index contributed by atoms with van der Waals surface area (Å²) in [5.41, 5.74) is 2.06. The van der Waals surface area contributed by atoms with Gasteiger partial charge < -0.3 is 10.1 Å². The summed E-state index contributed by atoms with van der Waals surface area (Å²) < 4.78 is 8.25. The number of para-hydroxylation sites is 1. The second kappa shape index (κ2) is 7.23. The summed E-state index contributed by atoms with van der Waals surface area (Å²) in [6, 6.07) is 14.3. The quantitative estimate of drug-likeness (QED) is 0.742. The first-order valence-electron chi connectivity index (χ1n) is 9.09. The molecule has 3 aromatic rings. The van der Waals surface area contributed by atoms with Crippen molar-refractivity contribution in [3.05, 3.63) is 60.0 Å². The van der Waals surface area contributed by atoms with E-state index >= 15 is 0 Å². The SMILES string of the molecule is C[C@@H](NCc1ccccc1OC1CCCC1)c1nnc2ccccn12. The van der Waals surface area contributed by atoms with Gasteiger partial charge in [-0.25, -0.2) is 0 Å². The van der Waals surface area contributed by atoms with Gasteiger partial charge >= 0.3 is 0 Å². The third kappa shape index (κ3) is 3.51. The fourth-order valence-electron chi connectivity index (χ4n) is 3.46. The molecular formula is C20H24N4O. The summed E-state index contributed by atoms with van der Waals surface area (Å²) in [5, 5.41) is 12.1. The zero-order valence-electron chi connectivity index (χ0n) is 14.6. The number of rotatable bonds is 6. The largest absolute Gasteiger partial charge is 0.490 e. The molecule has 0 bridgehead atoms. The summed E-state index contributed by atoms with van der Waals surface area (Å²) in [5.74, 6) is 1.92. The van der Waals surface area contributed by atoms with Crippen LogP contribution in [0.1, 0.15) is 50.0 Å². The van der Waals surface area contributed by atoms with Crippen LogP contribution in [-0.2, 0) is 6.54 Å². The van der Waals surface area contributed by atoms with Gasteiger partial charge in [0.05, 0.1) is 12.1 Å². The normalized spacial score (nSPS) is 16.4. The number of nitrogens with zero attached hydrogens (tertiary/aromatic N) is 3. The van der Waals surface area contributed by atoms with E-state index in [9.17, 15) is 0 Å². The monoisotopic (exact) mass is 336 g/mol. The molecule has 0 spiro atoms. The minimum atomic E-state index is 0.0944. The van der Waals surface area contributed by atoms with E-state index in [1.807, 2.05) is 34.9 Å². The van der Waals surface area contributed by atoms with Crippen molar-refractivity contribution in [2.45, 2.75) is 51.3 Å². The van der Waals surface area contributed by atoms with E-state index < -0.39 is 0 Å². The molecule has 0 saturated heterocycles. The van der Waals surface area contributed by atoms with Gasteiger partial charge in [0.1, 0.15) is 5.75 Å². The van der Waals surface area contributed by atoms with Crippen LogP contribution >= 0.6 is 0 Å². The predicted molar refractivity (Wildman–Crippen MR) is 97.6 cm³/mol. The highest BCUT2D eigenvalue weighted by Gasteiger charge is 2.18. The molecule has 1 N–H and O–H groups in total. The summed E-state index contributed by atoms with van der Waals surface area (Å²) >= 11 is 0. The van der Waals surface area contributed by atoms with Gasteiger partial charge in [0.2, 0.25) is 0 Å². The maximum absolute atomic E-state index is 6.23. The van der Waals surface area contributed by atoms with Gasteiger partial charge in [-0.15, -0.1) is 10.2 Å². The van der Waals surface area contributed by atoms with Crippen molar-refractivity contribution in [2.75, 3.05) is 0 Å². The van der Waals surface area contributed by atoms with E-state index in [0.717, 1.165) is 23.8 Å². The minimum Gasteiger partial charge on any atom is -0.490 e. The standard InChI is InChI=1S/C20H24N4O/c1-15(20-23-22-19-12-6-7-13-24(19)20)21-14-16-8-2-5-11-18(16)25-17-9-3-4-10-17/h2,5-8,11-13,15,17,21H,3-4,9-10,14H2,1H3/t15-/m1/s1. The van der Waals surface area contributed by atoms with Gasteiger partial charge in [-0.1, -0.05) is 24.3 Å². The van der Waals surface area contributed by atoms with Crippen molar-refractivity contribution in [3.8, 4) is 5.75 Å². The van der Waals surface area contributed by atoms with Gasteiger partial charge in [-0.3, -0.25) is 4.40 Å². The van der Waals surface area contributed by atoms with E-state index in [0.29, 0.717) is 6.10 Å². The topological polar surface area (TPSA) is 51.5 Å². The lowest BCUT2D eigenvalue weighted by Gasteiger charge is -2.18. The molecule has 1 aliphatic carbocycles. The van der Waals surface area contributed by atoms with Crippen LogP contribution in [0, 0.1) is 0 Å². The highest BCUT2D eigenvalue weighted by Crippen LogP contribution is 2.27. The van der Waals surface area contributed by atoms with Crippen LogP contribution < -0.4 is 10.1 Å². The van der Waals surface area contributed by atoms with Crippen LogP contribution in [-0.4, -0.2) is 20.7 Å². The van der Waals surface area contributed by atoms with E-state index in [1.165, 1.54) is 31.2 Å². The van der Waals surface area contributed by atoms with Crippen molar-refractivity contribution in [1.29, 1.82) is 0 Å². The summed E-state index contributed by atoms with van der Waals surface area (Å²) in [4.78, 5) is 0. The third-order valence-corrected chi connectivity index (χ3v) is 4.89. The molecule has 5 nitrogen and oxygen atoms in total. The number of hydrogen-bond acceptors (Lipinski definition) is 4. The van der Waals surface area contributed by atoms with E-state index in [-0.39, 0.29) is 6.04 Å². The molecule has 2 heterocycles. The fourth-order valence-corrected chi connectivity index (χ4v) is 3.46. The molecule has 2 aromatic heterocycles. The van der Waals surface area contributed by atoms with Crippen LogP contribution in [0.2, 0.25) is 0 Å². The van der Waals surface area contributed by atoms with E-state index in [4.69, 9.17) is 4.74 Å². The zero-order chi connectivity index (χ0) is 17.1. The number of fused-ring (bicyclic) bond motifs is 1. The molecule has 25 heavy (non-hydrogen) atoms. The maximum Gasteiger partial charge on any atom is 0.160 e. The van der Waals surface area contributed by atoms with Crippen molar-refractivity contribution in [1.82, 2.24) is 19.9 Å². The number of nitrogens with one attached hydrogen (secondary N) is 1. The smallest absolute Gasteiger partial charge is 0.160 e. The first-order valence-corrected chi connectivity index (χ1v) is 9.09. The van der Waals surface area contributed by atoms with Gasteiger partial charge in [0, 0.05) is 18.3 Å². The highest BCUT2D eigenvalue weighted by molar-refractivity contribution is 5.37. The summed E-state index contributed by atoms with van der Waals surface area (Å²) in [7, 11) is 0. The molecule has 1 aliphatic rings. The molecule has 0 radical (unpaired) electrons. The molecule has 130 valence electrons. The van der Waals surface area contributed by atoms with Crippen molar-refractivity contribution in [3.63, 3.8) is 0 Å². The van der Waals surface area contributed by atoms with Crippen molar-refractivity contribution < 1.29 is 4.74 Å². The Morgan fingerprint density at radius 1 is 1.12 bits per heavy atom. The third-order valence-electron chi connectivity index (χ3n) is 4.89. The number of benzene rings is 1. The van der Waals surface area contributed by atoms with Gasteiger partial charge in [0.25, 0.3) is 0 Å². The van der Waals surface area contributed by atoms with Crippen LogP contribution in [0.15, 0.2) is 48.7 Å². The molecule has 0 amide bonds. The zero-order valence-corrected chi connectivity index (χ0v) is 14.6. The maximum atomic E-state index is 6.23. The predicted octanol–water partition coefficient (Wildman–Crippen LogP) is 3.90. The lowest BCUT2D eigenvalue weighted by molar-refractivity contribution is 0.207. The molecule has 0 unspecified atom stereocenters. The number of ether oxygens (including phenoxy) is 1. The molecule has 1 fully saturated rings. The van der Waals surface area contributed by atoms with Gasteiger partial charge in [-0.05, 0) is 50.8 Å². The van der Waals surface area contributed by atoms with Gasteiger partial charge in [0.15, 0.2) is 11.5 Å². The second-order valence-electron chi connectivity index (χ2n) is 6.72. The Bertz CT molecular complexity index is 838. The highest BCUT2D eigenvalue weighted by atomic mass is 16.5. The Kier molecular flexibility index (Phi) is 4.65. The lowest BCUT2D eigenvalue weighted by atomic mass is 10.1. The number of pyridine rings is 1. The Morgan fingerprint density at radius 3 is 2.80 bits per heavy atom. The average Bonchev–Trinajstić information content (AvgIpc) is 3.30. The van der Waals surface area contributed by atoms with Gasteiger partial charge in [-0.2, -0.15) is 0 Å². The van der Waals surface area contributed by atoms with Crippen LogP contribution in [0.4, 0.5) is 0 Å². The number of hydrogen-bond donors (Lipinski definition) is 1. The van der Waals surface area contributed by atoms with E-state index in [2.05, 4.69) is 40.6 Å². The molecule has 1 saturated carbocycles. The Labute approximate surface area is 148 Å². The first-order chi connectivity index (χ1) is 12.3. The average molecular weight is 336 g/mol. The van der Waals surface area contributed by atoms with E-state index in [1.54, 1.807) is 0 Å². The molecular weight excluding hydrogens is 312 g/mol. The summed E-state index contributed by atoms with van der Waals surface area (Å²) in [6.07, 6.45) is 7.27. The molecule has 1 atom stereocenters. The molecule has 1 aromatic carbocycles. The lowest BCUT2D eigenvalue weighted by Crippen LogP contribution is -2.21. The fraction of sp³-hybridized carbons (Fsp3) is 0.400. The Morgan fingerprint density at radius 2 is 1.92 bits per heavy atom. The second-order valence-corrected chi connectivity index (χ2v) is 6.72. The first kappa shape index (κ1) is 16.1. The van der Waals surface area contributed by atoms with Crippen molar-refractivity contribution in [2.24, 2.45) is 0 Å². The van der Waals surface area contributed by atoms with Crippen LogP contribution in [0.5, 0.6) is 5.75 Å². The minimum absolute atomic E-state index is 0.0944. The van der Waals surface area contributed by atoms with Crippen molar-refractivity contribution >= 4 is 5.65 Å².